The van der Waals surface area contributed by atoms with Gasteiger partial charge >= 0.3 is 5.97 Å². The Labute approximate surface area is 320 Å². The summed E-state index contributed by atoms with van der Waals surface area (Å²) in [6.45, 7) is 6.30. The zero-order chi connectivity index (χ0) is 37.3. The third kappa shape index (κ3) is 6.62. The van der Waals surface area contributed by atoms with Crippen LogP contribution in [0.1, 0.15) is 22.9 Å². The van der Waals surface area contributed by atoms with Crippen LogP contribution in [0.4, 0.5) is 29.2 Å². The summed E-state index contributed by atoms with van der Waals surface area (Å²) >= 11 is 0. The molecule has 2 fully saturated rings. The van der Waals surface area contributed by atoms with Crippen LogP contribution in [0.25, 0.3) is 10.9 Å². The van der Waals surface area contributed by atoms with E-state index in [1.54, 1.807) is 7.11 Å². The summed E-state index contributed by atoms with van der Waals surface area (Å²) < 4.78 is 11.1. The quantitative estimate of drug-likeness (QED) is 0.195. The molecule has 4 aromatic carbocycles. The van der Waals surface area contributed by atoms with Crippen LogP contribution in [-0.2, 0) is 16.0 Å². The van der Waals surface area contributed by atoms with Crippen LogP contribution < -0.4 is 29.2 Å². The van der Waals surface area contributed by atoms with Crippen molar-refractivity contribution in [3.05, 3.63) is 126 Å². The molecule has 3 aliphatic heterocycles. The van der Waals surface area contributed by atoms with Crippen molar-refractivity contribution < 1.29 is 14.3 Å². The Morgan fingerprint density at radius 1 is 0.618 bits per heavy atom. The number of carbonyl (C=O) groups is 1. The van der Waals surface area contributed by atoms with Crippen LogP contribution in [0.5, 0.6) is 5.75 Å². The molecular weight excluding hydrogens is 691 g/mol. The monoisotopic (exact) mass is 735 g/mol. The van der Waals surface area contributed by atoms with Gasteiger partial charge in [0.15, 0.2) is 0 Å². The number of fused-ring (bicyclic) bond motifs is 3. The minimum atomic E-state index is -0.697. The van der Waals surface area contributed by atoms with E-state index in [0.717, 1.165) is 85.8 Å². The van der Waals surface area contributed by atoms with Gasteiger partial charge < -0.3 is 39.0 Å². The molecule has 55 heavy (non-hydrogen) atoms. The van der Waals surface area contributed by atoms with Gasteiger partial charge in [-0.25, -0.2) is 4.79 Å². The van der Waals surface area contributed by atoms with E-state index in [2.05, 4.69) is 102 Å². The Bertz CT molecular complexity index is 2170. The number of aromatic amines is 1. The molecule has 0 saturated carbocycles. The summed E-state index contributed by atoms with van der Waals surface area (Å²) in [5.74, 6) is 2.07. The first kappa shape index (κ1) is 34.5. The lowest BCUT2D eigenvalue weighted by molar-refractivity contribution is -0.142. The summed E-state index contributed by atoms with van der Waals surface area (Å²) in [6.07, 6.45) is 0.431. The number of methoxy groups -OCH3 is 2. The molecule has 0 spiro atoms. The predicted molar refractivity (Wildman–Crippen MR) is 217 cm³/mol. The van der Waals surface area contributed by atoms with Gasteiger partial charge in [0.05, 0.1) is 20.3 Å². The summed E-state index contributed by atoms with van der Waals surface area (Å²) in [5, 5.41) is 1.09. The van der Waals surface area contributed by atoms with Crippen LogP contribution in [0.2, 0.25) is 0 Å². The summed E-state index contributed by atoms with van der Waals surface area (Å²) in [5.41, 5.74) is 6.50. The Kier molecular flexibility index (Phi) is 9.31. The van der Waals surface area contributed by atoms with Gasteiger partial charge in [0.25, 0.3) is 0 Å². The van der Waals surface area contributed by atoms with E-state index in [4.69, 9.17) is 24.4 Å². The van der Waals surface area contributed by atoms with E-state index in [1.165, 1.54) is 18.5 Å². The van der Waals surface area contributed by atoms with Crippen molar-refractivity contribution in [1.82, 2.24) is 19.9 Å². The molecule has 12 heteroatoms. The Hall–Kier alpha value is -6.30. The predicted octanol–water partition coefficient (Wildman–Crippen LogP) is 5.71. The molecule has 2 saturated heterocycles. The SMILES string of the molecule is COC(=O)[C@@H]1Cc2c([nH]c3ccccc23)[C@H](c2ccc(OC)cc2)N1c1nc(N2CCN(c3ccccc3)CC2)nc(N2CCN(c3ccccc3)CC2)n1. The largest absolute Gasteiger partial charge is 0.497 e. The van der Waals surface area contributed by atoms with Crippen LogP contribution >= 0.6 is 0 Å². The fourth-order valence-electron chi connectivity index (χ4n) is 8.33. The highest BCUT2D eigenvalue weighted by atomic mass is 16.5. The minimum absolute atomic E-state index is 0.342. The van der Waals surface area contributed by atoms with Gasteiger partial charge in [0.2, 0.25) is 17.8 Å². The minimum Gasteiger partial charge on any atom is -0.497 e. The third-order valence-corrected chi connectivity index (χ3v) is 11.2. The highest BCUT2D eigenvalue weighted by Gasteiger charge is 2.44. The van der Waals surface area contributed by atoms with E-state index in [1.807, 2.05) is 36.4 Å². The number of para-hydroxylation sites is 3. The van der Waals surface area contributed by atoms with Gasteiger partial charge in [-0.1, -0.05) is 66.7 Å². The highest BCUT2D eigenvalue weighted by Crippen LogP contribution is 2.43. The van der Waals surface area contributed by atoms with E-state index in [-0.39, 0.29) is 5.97 Å². The van der Waals surface area contributed by atoms with Crippen molar-refractivity contribution in [2.45, 2.75) is 18.5 Å². The van der Waals surface area contributed by atoms with Crippen molar-refractivity contribution >= 4 is 46.1 Å². The number of piperazine rings is 2. The molecule has 1 N–H and O–H groups in total. The standard InChI is InChI=1S/C43H45N9O3/c1-54-33-19-17-30(18-20-33)39-38-35(34-15-9-10-16-36(34)44-38)29-37(40(53)55-2)52(39)43-46-41(50-25-21-48(22-26-50)31-11-5-3-6-12-31)45-42(47-43)51-27-23-49(24-28-51)32-13-7-4-8-14-32/h3-20,37,39,44H,21-29H2,1-2H3/t37-,39-/m0/s1. The number of nitrogens with zero attached hydrogens (tertiary/aromatic N) is 8. The zero-order valence-electron chi connectivity index (χ0n) is 31.2. The molecule has 0 unspecified atom stereocenters. The number of ether oxygens (including phenoxy) is 2. The average Bonchev–Trinajstić information content (AvgIpc) is 3.64. The molecule has 5 heterocycles. The molecule has 0 amide bonds. The molecule has 12 nitrogen and oxygen atoms in total. The Balaban J connectivity index is 1.15. The maximum absolute atomic E-state index is 14.0. The first-order valence-corrected chi connectivity index (χ1v) is 19.0. The molecule has 0 bridgehead atoms. The lowest BCUT2D eigenvalue weighted by Crippen LogP contribution is -2.51. The maximum Gasteiger partial charge on any atom is 0.328 e. The van der Waals surface area contributed by atoms with Crippen LogP contribution in [0.15, 0.2) is 109 Å². The molecular formula is C43H45N9O3. The van der Waals surface area contributed by atoms with Gasteiger partial charge in [-0.05, 0) is 53.6 Å². The van der Waals surface area contributed by atoms with E-state index < -0.39 is 12.1 Å². The number of H-pyrrole nitrogens is 1. The van der Waals surface area contributed by atoms with E-state index >= 15 is 0 Å². The normalized spacial score (nSPS) is 18.7. The van der Waals surface area contributed by atoms with Crippen LogP contribution in [0.3, 0.4) is 0 Å². The zero-order valence-corrected chi connectivity index (χ0v) is 31.2. The fourth-order valence-corrected chi connectivity index (χ4v) is 8.33. The second-order valence-corrected chi connectivity index (χ2v) is 14.2. The lowest BCUT2D eigenvalue weighted by Gasteiger charge is -2.42. The average molecular weight is 736 g/mol. The highest BCUT2D eigenvalue weighted by molar-refractivity contribution is 5.89. The second-order valence-electron chi connectivity index (χ2n) is 14.2. The molecule has 6 aromatic rings. The summed E-state index contributed by atoms with van der Waals surface area (Å²) in [6, 6.07) is 36.2. The number of hydrogen-bond acceptors (Lipinski definition) is 11. The Morgan fingerprint density at radius 2 is 1.13 bits per heavy atom. The summed E-state index contributed by atoms with van der Waals surface area (Å²) in [7, 11) is 3.12. The number of nitrogens with one attached hydrogen (secondary N) is 1. The number of esters is 1. The van der Waals surface area contributed by atoms with Crippen LogP contribution in [0, 0.1) is 0 Å². The molecule has 9 rings (SSSR count). The third-order valence-electron chi connectivity index (χ3n) is 11.2. The number of rotatable bonds is 8. The Morgan fingerprint density at radius 3 is 1.67 bits per heavy atom. The van der Waals surface area contributed by atoms with Crippen LogP contribution in [-0.4, -0.2) is 98.5 Å². The smallest absolute Gasteiger partial charge is 0.328 e. The van der Waals surface area contributed by atoms with Crippen molar-refractivity contribution in [2.24, 2.45) is 0 Å². The second kappa shape index (κ2) is 14.8. The first-order chi connectivity index (χ1) is 27.1. The number of anilines is 5. The molecule has 280 valence electrons. The number of carbonyl (C=O) groups excluding carboxylic acids is 1. The van der Waals surface area contributed by atoms with Crippen molar-refractivity contribution in [3.63, 3.8) is 0 Å². The van der Waals surface area contributed by atoms with Crippen molar-refractivity contribution in [3.8, 4) is 5.75 Å². The molecule has 3 aliphatic rings. The molecule has 2 aromatic heterocycles. The topological polar surface area (TPSA) is 106 Å². The van der Waals surface area contributed by atoms with E-state index in [9.17, 15) is 4.79 Å². The molecule has 0 radical (unpaired) electrons. The maximum atomic E-state index is 14.0. The molecule has 0 aliphatic carbocycles. The first-order valence-electron chi connectivity index (χ1n) is 19.0. The van der Waals surface area contributed by atoms with Gasteiger partial charge in [0, 0.05) is 86.8 Å². The fraction of sp³-hybridized carbons (Fsp3) is 0.302. The molecule has 2 atom stereocenters. The number of hydrogen-bond donors (Lipinski definition) is 1. The number of benzene rings is 4. The van der Waals surface area contributed by atoms with Gasteiger partial charge in [-0.15, -0.1) is 0 Å². The lowest BCUT2D eigenvalue weighted by atomic mass is 9.88. The summed E-state index contributed by atoms with van der Waals surface area (Å²) in [4.78, 5) is 44.8. The van der Waals surface area contributed by atoms with Gasteiger partial charge in [-0.2, -0.15) is 15.0 Å². The van der Waals surface area contributed by atoms with Gasteiger partial charge in [-0.3, -0.25) is 0 Å². The van der Waals surface area contributed by atoms with Crippen molar-refractivity contribution in [2.75, 3.05) is 91.1 Å². The van der Waals surface area contributed by atoms with E-state index in [0.29, 0.717) is 24.3 Å². The van der Waals surface area contributed by atoms with Gasteiger partial charge in [0.1, 0.15) is 11.8 Å². The number of aromatic nitrogens is 4. The van der Waals surface area contributed by atoms with Crippen molar-refractivity contribution in [1.29, 1.82) is 0 Å².